The van der Waals surface area contributed by atoms with E-state index in [9.17, 15) is 4.39 Å². The normalized spacial score (nSPS) is 16.4. The molecular weight excluding hydrogens is 247 g/mol. The minimum absolute atomic E-state index is 0.0427. The van der Waals surface area contributed by atoms with E-state index >= 15 is 0 Å². The lowest BCUT2D eigenvalue weighted by Gasteiger charge is -2.33. The molecule has 0 spiro atoms. The number of benzene rings is 1. The first-order chi connectivity index (χ1) is 9.24. The van der Waals surface area contributed by atoms with Crippen LogP contribution in [0.25, 0.3) is 0 Å². The van der Waals surface area contributed by atoms with Crippen molar-refractivity contribution in [2.45, 2.75) is 18.9 Å². The lowest BCUT2D eigenvalue weighted by Crippen LogP contribution is -2.37. The maximum atomic E-state index is 13.5. The molecule has 1 heterocycles. The van der Waals surface area contributed by atoms with Crippen LogP contribution in [0.1, 0.15) is 18.4 Å². The third kappa shape index (κ3) is 3.43. The van der Waals surface area contributed by atoms with Crippen LogP contribution in [-0.2, 0) is 4.74 Å². The number of ether oxygens (including phenoxy) is 1. The first-order valence-corrected chi connectivity index (χ1v) is 6.41. The second kappa shape index (κ2) is 6.50. The molecule has 0 saturated carbocycles. The Morgan fingerprint density at radius 3 is 2.74 bits per heavy atom. The number of nitriles is 1. The average Bonchev–Trinajstić information content (AvgIpc) is 2.45. The lowest BCUT2D eigenvalue weighted by atomic mass is 10.1. The molecule has 0 radical (unpaired) electrons. The van der Waals surface area contributed by atoms with Gasteiger partial charge in [-0.3, -0.25) is 0 Å². The highest BCUT2D eigenvalue weighted by atomic mass is 19.1. The van der Waals surface area contributed by atoms with Crippen molar-refractivity contribution in [1.82, 2.24) is 0 Å². The van der Waals surface area contributed by atoms with E-state index in [-0.39, 0.29) is 18.3 Å². The zero-order chi connectivity index (χ0) is 13.7. The van der Waals surface area contributed by atoms with E-state index in [0.717, 1.165) is 31.6 Å². The van der Waals surface area contributed by atoms with Crippen molar-refractivity contribution in [3.63, 3.8) is 0 Å². The molecule has 4 nitrogen and oxygen atoms in total. The maximum absolute atomic E-state index is 13.5. The number of aliphatic hydroxyl groups excluding tert-OH is 1. The topological polar surface area (TPSA) is 56.5 Å². The average molecular weight is 264 g/mol. The molecule has 1 fully saturated rings. The standard InChI is InChI=1S/C14H17FN2O2/c15-14-9-12(2-1-11(14)10-16)17-5-3-13(4-6-17)19-8-7-18/h1-2,9,13,18H,3-8H2. The summed E-state index contributed by atoms with van der Waals surface area (Å²) in [5, 5.41) is 17.4. The molecule has 19 heavy (non-hydrogen) atoms. The Hall–Kier alpha value is -1.64. The van der Waals surface area contributed by atoms with Crippen molar-refractivity contribution >= 4 is 5.69 Å². The Bertz CT molecular complexity index is 465. The molecule has 102 valence electrons. The molecule has 0 aromatic heterocycles. The summed E-state index contributed by atoms with van der Waals surface area (Å²) in [6, 6.07) is 6.52. The molecule has 1 aromatic carbocycles. The summed E-state index contributed by atoms with van der Waals surface area (Å²) in [5.41, 5.74) is 0.877. The number of anilines is 1. The van der Waals surface area contributed by atoms with Crippen molar-refractivity contribution < 1.29 is 14.2 Å². The van der Waals surface area contributed by atoms with Gasteiger partial charge >= 0.3 is 0 Å². The quantitative estimate of drug-likeness (QED) is 0.899. The molecular formula is C14H17FN2O2. The molecule has 2 rings (SSSR count). The number of rotatable bonds is 4. The van der Waals surface area contributed by atoms with Crippen LogP contribution in [0.2, 0.25) is 0 Å². The number of halogens is 1. The lowest BCUT2D eigenvalue weighted by molar-refractivity contribution is 0.0159. The molecule has 1 aromatic rings. The number of aliphatic hydroxyl groups is 1. The number of piperidine rings is 1. The zero-order valence-electron chi connectivity index (χ0n) is 10.7. The van der Waals surface area contributed by atoms with Gasteiger partial charge in [0.05, 0.1) is 24.9 Å². The highest BCUT2D eigenvalue weighted by molar-refractivity contribution is 5.50. The van der Waals surface area contributed by atoms with Crippen LogP contribution in [0, 0.1) is 17.1 Å². The highest BCUT2D eigenvalue weighted by Crippen LogP contribution is 2.23. The smallest absolute Gasteiger partial charge is 0.143 e. The van der Waals surface area contributed by atoms with Crippen LogP contribution < -0.4 is 4.90 Å². The third-order valence-corrected chi connectivity index (χ3v) is 3.33. The summed E-state index contributed by atoms with van der Waals surface area (Å²) >= 11 is 0. The van der Waals surface area contributed by atoms with Gasteiger partial charge in [-0.1, -0.05) is 0 Å². The number of hydrogen-bond acceptors (Lipinski definition) is 4. The van der Waals surface area contributed by atoms with Gasteiger partial charge in [-0.25, -0.2) is 4.39 Å². The number of nitrogens with zero attached hydrogens (tertiary/aromatic N) is 2. The Labute approximate surface area is 112 Å². The molecule has 0 atom stereocenters. The van der Waals surface area contributed by atoms with Crippen molar-refractivity contribution in [2.24, 2.45) is 0 Å². The van der Waals surface area contributed by atoms with E-state index < -0.39 is 5.82 Å². The first kappa shape index (κ1) is 13.8. The predicted molar refractivity (Wildman–Crippen MR) is 69.4 cm³/mol. The first-order valence-electron chi connectivity index (χ1n) is 6.41. The summed E-state index contributed by atoms with van der Waals surface area (Å²) in [5.74, 6) is -0.473. The molecule has 5 heteroatoms. The van der Waals surface area contributed by atoms with Gasteiger partial charge in [0.1, 0.15) is 11.9 Å². The van der Waals surface area contributed by atoms with Crippen LogP contribution >= 0.6 is 0 Å². The van der Waals surface area contributed by atoms with Crippen molar-refractivity contribution in [3.8, 4) is 6.07 Å². The summed E-state index contributed by atoms with van der Waals surface area (Å²) in [6.07, 6.45) is 1.90. The predicted octanol–water partition coefficient (Wildman–Crippen LogP) is 1.68. The maximum Gasteiger partial charge on any atom is 0.143 e. The van der Waals surface area contributed by atoms with Gasteiger partial charge < -0.3 is 14.7 Å². The molecule has 0 bridgehead atoms. The zero-order valence-corrected chi connectivity index (χ0v) is 10.7. The monoisotopic (exact) mass is 264 g/mol. The minimum atomic E-state index is -0.473. The van der Waals surface area contributed by atoms with Crippen LogP contribution in [0.4, 0.5) is 10.1 Å². The molecule has 1 saturated heterocycles. The van der Waals surface area contributed by atoms with Crippen molar-refractivity contribution in [2.75, 3.05) is 31.2 Å². The van der Waals surface area contributed by atoms with E-state index in [1.165, 1.54) is 12.1 Å². The van der Waals surface area contributed by atoms with E-state index in [1.807, 2.05) is 6.07 Å². The van der Waals surface area contributed by atoms with Gasteiger partial charge in [0, 0.05) is 18.8 Å². The third-order valence-electron chi connectivity index (χ3n) is 3.33. The van der Waals surface area contributed by atoms with E-state index in [2.05, 4.69) is 4.90 Å². The van der Waals surface area contributed by atoms with E-state index in [0.29, 0.717) is 6.61 Å². The molecule has 0 aliphatic carbocycles. The largest absolute Gasteiger partial charge is 0.394 e. The van der Waals surface area contributed by atoms with Crippen LogP contribution in [-0.4, -0.2) is 37.5 Å². The van der Waals surface area contributed by atoms with Gasteiger partial charge in [-0.15, -0.1) is 0 Å². The van der Waals surface area contributed by atoms with Crippen molar-refractivity contribution in [1.29, 1.82) is 5.26 Å². The molecule has 0 unspecified atom stereocenters. The summed E-state index contributed by atoms with van der Waals surface area (Å²) < 4.78 is 19.0. The minimum Gasteiger partial charge on any atom is -0.394 e. The van der Waals surface area contributed by atoms with Crippen LogP contribution in [0.3, 0.4) is 0 Å². The van der Waals surface area contributed by atoms with E-state index in [1.54, 1.807) is 6.07 Å². The van der Waals surface area contributed by atoms with Crippen LogP contribution in [0.5, 0.6) is 0 Å². The van der Waals surface area contributed by atoms with Gasteiger partial charge in [-0.05, 0) is 31.0 Å². The fourth-order valence-electron chi connectivity index (χ4n) is 2.29. The summed E-state index contributed by atoms with van der Waals surface area (Å²) in [4.78, 5) is 2.09. The summed E-state index contributed by atoms with van der Waals surface area (Å²) in [6.45, 7) is 2.00. The van der Waals surface area contributed by atoms with Gasteiger partial charge in [-0.2, -0.15) is 5.26 Å². The molecule has 1 aliphatic rings. The highest BCUT2D eigenvalue weighted by Gasteiger charge is 2.20. The van der Waals surface area contributed by atoms with Gasteiger partial charge in [0.15, 0.2) is 0 Å². The SMILES string of the molecule is N#Cc1ccc(N2CCC(OCCO)CC2)cc1F. The second-order valence-electron chi connectivity index (χ2n) is 4.56. The van der Waals surface area contributed by atoms with Gasteiger partial charge in [0.2, 0.25) is 0 Å². The van der Waals surface area contributed by atoms with Crippen LogP contribution in [0.15, 0.2) is 18.2 Å². The Morgan fingerprint density at radius 1 is 1.42 bits per heavy atom. The molecule has 1 aliphatic heterocycles. The molecule has 1 N–H and O–H groups in total. The van der Waals surface area contributed by atoms with E-state index in [4.69, 9.17) is 15.1 Å². The van der Waals surface area contributed by atoms with Gasteiger partial charge in [0.25, 0.3) is 0 Å². The Kier molecular flexibility index (Phi) is 4.72. The Balaban J connectivity index is 1.94. The fraction of sp³-hybridized carbons (Fsp3) is 0.500. The number of hydrogen-bond donors (Lipinski definition) is 1. The second-order valence-corrected chi connectivity index (χ2v) is 4.56. The molecule has 0 amide bonds. The Morgan fingerprint density at radius 2 is 2.16 bits per heavy atom. The van der Waals surface area contributed by atoms with Crippen molar-refractivity contribution in [3.05, 3.63) is 29.6 Å². The summed E-state index contributed by atoms with van der Waals surface area (Å²) in [7, 11) is 0. The fourth-order valence-corrected chi connectivity index (χ4v) is 2.29.